The lowest BCUT2D eigenvalue weighted by Gasteiger charge is -2.20. The highest BCUT2D eigenvalue weighted by molar-refractivity contribution is 7.82. The third kappa shape index (κ3) is 50.1. The summed E-state index contributed by atoms with van der Waals surface area (Å²) >= 11 is 13.7. The van der Waals surface area contributed by atoms with E-state index in [4.69, 9.17) is 13.6 Å². The van der Waals surface area contributed by atoms with E-state index >= 15 is 0 Å². The van der Waals surface area contributed by atoms with E-state index < -0.39 is 42.3 Å². The minimum Gasteiger partial charge on any atom is -0.374 e. The van der Waals surface area contributed by atoms with Gasteiger partial charge in [-0.15, -0.1) is 0 Å². The van der Waals surface area contributed by atoms with E-state index in [1.54, 1.807) is 0 Å². The van der Waals surface area contributed by atoms with Gasteiger partial charge in [0.05, 0.1) is 15.7 Å². The maximum Gasteiger partial charge on any atom is 0.537 e. The summed E-state index contributed by atoms with van der Waals surface area (Å²) in [5.74, 6) is -1.88. The Morgan fingerprint density at radius 1 is 0.257 bits per heavy atom. The van der Waals surface area contributed by atoms with Gasteiger partial charge in [-0.05, 0) is 19.3 Å². The van der Waals surface area contributed by atoms with Crippen LogP contribution in [0.25, 0.3) is 0 Å². The molecule has 0 spiro atoms. The molecule has 0 bridgehead atoms. The molecule has 0 fully saturated rings. The van der Waals surface area contributed by atoms with Crippen LogP contribution in [0.4, 0.5) is 0 Å². The lowest BCUT2D eigenvalue weighted by atomic mass is 10.0. The summed E-state index contributed by atoms with van der Waals surface area (Å²) in [6, 6.07) is 0. The van der Waals surface area contributed by atoms with Crippen LogP contribution in [-0.4, -0.2) is 33.7 Å². The van der Waals surface area contributed by atoms with Crippen molar-refractivity contribution in [3.05, 3.63) is 0 Å². The lowest BCUT2D eigenvalue weighted by Crippen LogP contribution is -2.23. The smallest absolute Gasteiger partial charge is 0.374 e. The number of carbonyl (C=O) groups is 3. The van der Waals surface area contributed by atoms with E-state index in [1.807, 2.05) is 0 Å². The van der Waals surface area contributed by atoms with Crippen LogP contribution in [0.2, 0.25) is 0 Å². The molecule has 0 aliphatic heterocycles. The van der Waals surface area contributed by atoms with E-state index in [1.165, 1.54) is 250 Å². The molecule has 70 heavy (non-hydrogen) atoms. The average Bonchev–Trinajstić information content (AvgIpc) is 3.35. The number of hydrogen-bond acceptors (Lipinski definition) is 9. The Kier molecular flexibility index (Phi) is 56.5. The van der Waals surface area contributed by atoms with Gasteiger partial charge in [0.25, 0.3) is 0 Å². The van der Waals surface area contributed by atoms with Gasteiger partial charge in [-0.25, -0.2) is 0 Å². The minimum absolute atomic E-state index is 0.550. The third-order valence-electron chi connectivity index (χ3n) is 14.3. The highest BCUT2D eigenvalue weighted by Crippen LogP contribution is 2.43. The van der Waals surface area contributed by atoms with Gasteiger partial charge in [-0.2, -0.15) is 37.9 Å². The summed E-state index contributed by atoms with van der Waals surface area (Å²) in [6.07, 6.45) is 63.3. The molecule has 0 aliphatic carbocycles. The van der Waals surface area contributed by atoms with Gasteiger partial charge in [-0.1, -0.05) is 329 Å². The fraction of sp³-hybridized carbons (Fsp3) is 0.950. The van der Waals surface area contributed by atoms with Crippen molar-refractivity contribution in [2.75, 3.05) is 0 Å². The zero-order valence-electron chi connectivity index (χ0n) is 46.5. The molecule has 0 aromatic rings. The van der Waals surface area contributed by atoms with Gasteiger partial charge in [0.2, 0.25) is 0 Å². The van der Waals surface area contributed by atoms with Gasteiger partial charge >= 0.3 is 26.5 Å². The van der Waals surface area contributed by atoms with Crippen LogP contribution in [0.3, 0.4) is 0 Å². The van der Waals surface area contributed by atoms with Crippen LogP contribution in [0.15, 0.2) is 0 Å². The van der Waals surface area contributed by atoms with E-state index in [9.17, 15) is 14.4 Å². The highest BCUT2D eigenvalue weighted by Gasteiger charge is 2.33. The fourth-order valence-corrected chi connectivity index (χ4v) is 11.4. The monoisotopic (exact) mass is 1060 g/mol. The van der Waals surface area contributed by atoms with Crippen molar-refractivity contribution in [2.45, 2.75) is 364 Å². The predicted octanol–water partition coefficient (Wildman–Crippen LogP) is 21.7. The normalized spacial score (nSPS) is 13.3. The molecule has 0 aliphatic rings. The summed E-state index contributed by atoms with van der Waals surface area (Å²) in [7, 11) is -2.59. The molecule has 3 atom stereocenters. The number of carbonyl (C=O) groups excluding carboxylic acids is 3. The van der Waals surface area contributed by atoms with Gasteiger partial charge in [0, 0.05) is 0 Å². The molecule has 0 aromatic heterocycles. The second-order valence-electron chi connectivity index (χ2n) is 21.3. The SMILES string of the molecule is CCCCCCCCCCCCCCCCCCC(S)C(=O)OP(OC(=O)C(S)CCCCCCCCCCCCCCCCCC)OC(=O)C(S)CCCCCCCCCCCCCCCCCC. The molecule has 10 heteroatoms. The van der Waals surface area contributed by atoms with Crippen molar-refractivity contribution < 1.29 is 28.0 Å². The first-order chi connectivity index (χ1) is 34.3. The Morgan fingerprint density at radius 2 is 0.386 bits per heavy atom. The molecule has 0 N–H and O–H groups in total. The van der Waals surface area contributed by atoms with Crippen LogP contribution in [0, 0.1) is 0 Å². The highest BCUT2D eigenvalue weighted by atomic mass is 32.1. The summed E-state index contributed by atoms with van der Waals surface area (Å²) in [5.41, 5.74) is 0. The van der Waals surface area contributed by atoms with Gasteiger partial charge in [0.1, 0.15) is 0 Å². The summed E-state index contributed by atoms with van der Waals surface area (Å²) < 4.78 is 16.8. The Balaban J connectivity index is 4.61. The number of unbranched alkanes of at least 4 members (excludes halogenated alkanes) is 45. The minimum atomic E-state index is -2.59. The Bertz CT molecular complexity index is 983. The fourth-order valence-electron chi connectivity index (χ4n) is 9.47. The maximum absolute atomic E-state index is 13.2. The van der Waals surface area contributed by atoms with Crippen molar-refractivity contribution in [1.82, 2.24) is 0 Å². The van der Waals surface area contributed by atoms with Crippen molar-refractivity contribution in [3.8, 4) is 0 Å². The predicted molar refractivity (Wildman–Crippen MR) is 316 cm³/mol. The summed E-state index contributed by atoms with van der Waals surface area (Å²) in [4.78, 5) is 39.7. The molecular formula is C60H117O6PS3. The molecular weight excluding hydrogens is 944 g/mol. The van der Waals surface area contributed by atoms with E-state index in [0.29, 0.717) is 19.3 Å². The Morgan fingerprint density at radius 3 is 0.529 bits per heavy atom. The van der Waals surface area contributed by atoms with Crippen molar-refractivity contribution in [1.29, 1.82) is 0 Å². The van der Waals surface area contributed by atoms with E-state index in [0.717, 1.165) is 57.8 Å². The lowest BCUT2D eigenvalue weighted by molar-refractivity contribution is -0.142. The van der Waals surface area contributed by atoms with Crippen molar-refractivity contribution in [2.24, 2.45) is 0 Å². The first-order valence-corrected chi connectivity index (χ1v) is 33.4. The van der Waals surface area contributed by atoms with Gasteiger partial charge < -0.3 is 13.6 Å². The average molecular weight is 1060 g/mol. The van der Waals surface area contributed by atoms with Crippen molar-refractivity contribution >= 4 is 64.4 Å². The standard InChI is InChI=1S/C60H117O6PS3/c1-4-7-10-13-16-19-22-25-28-31-34-37-40-43-46-49-52-55(68)58(61)64-67(65-59(62)56(69)53-50-47-44-41-38-35-32-29-26-23-20-17-14-11-8-5-2)66-60(63)57(70)54-51-48-45-42-39-36-33-30-27-24-21-18-15-12-9-6-3/h55-57,68-70H,4-54H2,1-3H3. The van der Waals surface area contributed by atoms with E-state index in [2.05, 4.69) is 58.7 Å². The maximum atomic E-state index is 13.2. The van der Waals surface area contributed by atoms with Gasteiger partial charge in [0.15, 0.2) is 0 Å². The topological polar surface area (TPSA) is 78.9 Å². The summed E-state index contributed by atoms with van der Waals surface area (Å²) in [5, 5.41) is -2.08. The second kappa shape index (κ2) is 56.6. The first-order valence-electron chi connectivity index (χ1n) is 30.8. The molecule has 0 saturated carbocycles. The van der Waals surface area contributed by atoms with Crippen LogP contribution in [-0.2, 0) is 28.0 Å². The number of hydrogen-bond donors (Lipinski definition) is 3. The van der Waals surface area contributed by atoms with Crippen LogP contribution < -0.4 is 0 Å². The van der Waals surface area contributed by atoms with Crippen LogP contribution in [0.1, 0.15) is 348 Å². The summed E-state index contributed by atoms with van der Waals surface area (Å²) in [6.45, 7) is 6.83. The zero-order valence-corrected chi connectivity index (χ0v) is 50.1. The van der Waals surface area contributed by atoms with E-state index in [-0.39, 0.29) is 0 Å². The quantitative estimate of drug-likeness (QED) is 0.0320. The zero-order chi connectivity index (χ0) is 51.2. The van der Waals surface area contributed by atoms with Crippen LogP contribution >= 0.6 is 46.5 Å². The van der Waals surface area contributed by atoms with Gasteiger partial charge in [-0.3, -0.25) is 14.4 Å². The van der Waals surface area contributed by atoms with Crippen LogP contribution in [0.5, 0.6) is 0 Å². The molecule has 0 heterocycles. The second-order valence-corrected chi connectivity index (χ2v) is 24.1. The first kappa shape index (κ1) is 69.9. The molecule has 0 radical (unpaired) electrons. The molecule has 0 aromatic carbocycles. The Labute approximate surface area is 453 Å². The number of rotatable bonds is 57. The molecule has 0 rings (SSSR count). The largest absolute Gasteiger partial charge is 0.537 e. The Hall–Kier alpha value is -0.110. The molecule has 416 valence electrons. The molecule has 0 saturated heterocycles. The number of thiol groups is 3. The molecule has 0 amide bonds. The third-order valence-corrected chi connectivity index (χ3v) is 16.7. The molecule has 3 unspecified atom stereocenters. The van der Waals surface area contributed by atoms with Crippen molar-refractivity contribution in [3.63, 3.8) is 0 Å². The molecule has 6 nitrogen and oxygen atoms in total.